The molecule has 322 valence electrons. The van der Waals surface area contributed by atoms with Crippen LogP contribution in [0.25, 0.3) is 0 Å². The molecule has 0 saturated carbocycles. The van der Waals surface area contributed by atoms with Crippen molar-refractivity contribution in [2.75, 3.05) is 47.5 Å². The highest BCUT2D eigenvalue weighted by Gasteiger charge is 2.27. The number of nitrogens with zero attached hydrogens (tertiary/aromatic N) is 1. The van der Waals surface area contributed by atoms with Gasteiger partial charge < -0.3 is 18.9 Å². The van der Waals surface area contributed by atoms with Gasteiger partial charge in [-0.3, -0.25) is 18.6 Å². The maximum Gasteiger partial charge on any atom is 0.472 e. The Bertz CT molecular complexity index is 1180. The first-order valence-corrected chi connectivity index (χ1v) is 23.2. The van der Waals surface area contributed by atoms with Gasteiger partial charge in [-0.05, 0) is 64.2 Å². The maximum absolute atomic E-state index is 12.7. The van der Waals surface area contributed by atoms with Gasteiger partial charge in [0, 0.05) is 12.8 Å². The Balaban J connectivity index is 4.37. The van der Waals surface area contributed by atoms with E-state index in [9.17, 15) is 19.0 Å². The normalized spacial score (nSPS) is 14.3. The summed E-state index contributed by atoms with van der Waals surface area (Å²) in [5, 5.41) is 0. The molecular formula is C46H81NO8P+. The number of carbonyl (C=O) groups excluding carboxylic acids is 2. The van der Waals surface area contributed by atoms with Crippen molar-refractivity contribution >= 4 is 19.8 Å². The Morgan fingerprint density at radius 1 is 0.571 bits per heavy atom. The van der Waals surface area contributed by atoms with Gasteiger partial charge in [-0.1, -0.05) is 151 Å². The molecule has 0 rings (SSSR count). The van der Waals surface area contributed by atoms with Crippen molar-refractivity contribution in [3.05, 3.63) is 72.9 Å². The number of phosphoric acid groups is 1. The summed E-state index contributed by atoms with van der Waals surface area (Å²) in [5.74, 6) is -0.837. The summed E-state index contributed by atoms with van der Waals surface area (Å²) in [4.78, 5) is 35.2. The Morgan fingerprint density at radius 3 is 1.52 bits per heavy atom. The molecule has 0 aliphatic rings. The molecule has 0 heterocycles. The molecule has 2 atom stereocenters. The molecule has 0 saturated heterocycles. The molecule has 0 bridgehead atoms. The van der Waals surface area contributed by atoms with Crippen LogP contribution >= 0.6 is 7.82 Å². The van der Waals surface area contributed by atoms with E-state index in [2.05, 4.69) is 86.8 Å². The second-order valence-corrected chi connectivity index (χ2v) is 16.8. The van der Waals surface area contributed by atoms with Crippen LogP contribution in [-0.2, 0) is 32.7 Å². The van der Waals surface area contributed by atoms with E-state index in [1.807, 2.05) is 21.1 Å². The first-order valence-electron chi connectivity index (χ1n) is 21.7. The highest BCUT2D eigenvalue weighted by molar-refractivity contribution is 7.47. The van der Waals surface area contributed by atoms with Gasteiger partial charge in [0.05, 0.1) is 27.7 Å². The van der Waals surface area contributed by atoms with Crippen molar-refractivity contribution in [2.24, 2.45) is 0 Å². The van der Waals surface area contributed by atoms with Crippen molar-refractivity contribution < 1.29 is 42.1 Å². The minimum Gasteiger partial charge on any atom is -0.462 e. The summed E-state index contributed by atoms with van der Waals surface area (Å²) in [6.07, 6.45) is 46.7. The Labute approximate surface area is 342 Å². The zero-order chi connectivity index (χ0) is 41.4. The molecule has 2 unspecified atom stereocenters. The minimum absolute atomic E-state index is 0.0234. The average molecular weight is 807 g/mol. The third-order valence-electron chi connectivity index (χ3n) is 8.75. The van der Waals surface area contributed by atoms with E-state index in [1.54, 1.807) is 0 Å². The number of hydrogen-bond donors (Lipinski definition) is 1. The van der Waals surface area contributed by atoms with Gasteiger partial charge in [0.15, 0.2) is 6.10 Å². The van der Waals surface area contributed by atoms with E-state index in [0.29, 0.717) is 17.4 Å². The van der Waals surface area contributed by atoms with E-state index < -0.39 is 26.5 Å². The van der Waals surface area contributed by atoms with Crippen molar-refractivity contribution in [3.8, 4) is 0 Å². The Kier molecular flexibility index (Phi) is 36.3. The lowest BCUT2D eigenvalue weighted by molar-refractivity contribution is -0.870. The van der Waals surface area contributed by atoms with Crippen molar-refractivity contribution in [3.63, 3.8) is 0 Å². The summed E-state index contributed by atoms with van der Waals surface area (Å²) in [6.45, 7) is 4.23. The lowest BCUT2D eigenvalue weighted by Gasteiger charge is -2.24. The van der Waals surface area contributed by atoms with Gasteiger partial charge in [-0.15, -0.1) is 0 Å². The zero-order valence-corrected chi connectivity index (χ0v) is 37.0. The largest absolute Gasteiger partial charge is 0.472 e. The monoisotopic (exact) mass is 807 g/mol. The van der Waals surface area contributed by atoms with Crippen LogP contribution in [0.1, 0.15) is 155 Å². The van der Waals surface area contributed by atoms with Gasteiger partial charge in [0.25, 0.3) is 0 Å². The fourth-order valence-corrected chi connectivity index (χ4v) is 6.11. The summed E-state index contributed by atoms with van der Waals surface area (Å²) in [7, 11) is 1.45. The van der Waals surface area contributed by atoms with Crippen molar-refractivity contribution in [1.82, 2.24) is 0 Å². The number of esters is 2. The van der Waals surface area contributed by atoms with Crippen LogP contribution in [0.15, 0.2) is 72.9 Å². The molecule has 1 N–H and O–H groups in total. The molecule has 0 radical (unpaired) electrons. The number of carbonyl (C=O) groups is 2. The molecule has 56 heavy (non-hydrogen) atoms. The zero-order valence-electron chi connectivity index (χ0n) is 36.1. The molecular weight excluding hydrogens is 725 g/mol. The van der Waals surface area contributed by atoms with Crippen LogP contribution < -0.4 is 0 Å². The second kappa shape index (κ2) is 38.0. The van der Waals surface area contributed by atoms with Gasteiger partial charge in [-0.2, -0.15) is 0 Å². The lowest BCUT2D eigenvalue weighted by Crippen LogP contribution is -2.37. The Morgan fingerprint density at radius 2 is 1.02 bits per heavy atom. The predicted octanol–water partition coefficient (Wildman–Crippen LogP) is 12.2. The summed E-state index contributed by atoms with van der Waals surface area (Å²) in [6, 6.07) is 0. The van der Waals surface area contributed by atoms with E-state index in [-0.39, 0.29) is 32.0 Å². The third-order valence-corrected chi connectivity index (χ3v) is 9.74. The summed E-state index contributed by atoms with van der Waals surface area (Å²) in [5.41, 5.74) is 0. The number of hydrogen-bond acceptors (Lipinski definition) is 7. The number of allylic oxidation sites excluding steroid dienone is 12. The number of phosphoric ester groups is 1. The fraction of sp³-hybridized carbons (Fsp3) is 0.696. The first-order chi connectivity index (χ1) is 27.0. The van der Waals surface area contributed by atoms with E-state index in [4.69, 9.17) is 18.5 Å². The lowest BCUT2D eigenvalue weighted by atomic mass is 10.1. The molecule has 9 nitrogen and oxygen atoms in total. The number of quaternary nitrogens is 1. The molecule has 10 heteroatoms. The number of ether oxygens (including phenoxy) is 2. The van der Waals surface area contributed by atoms with Crippen LogP contribution in [-0.4, -0.2) is 74.9 Å². The molecule has 0 aliphatic carbocycles. The standard InChI is InChI=1S/C46H80NO8P/c1-6-8-10-12-14-16-17-18-19-20-21-22-23-24-25-26-27-28-29-31-33-35-37-39-46(49)55-44(43-54-56(50,51)53-41-40-47(3,4)5)42-52-45(48)38-36-34-32-30-15-13-11-9-7-2/h8,10,14,16,18-19,21-22,24-25,27-28,44H,6-7,9,11-13,15,17,20,23,26,29-43H2,1-5H3/p+1/b10-8-,16-14-,19-18-,22-21-,25-24-,28-27-. The van der Waals surface area contributed by atoms with Gasteiger partial charge in [0.1, 0.15) is 19.8 Å². The van der Waals surface area contributed by atoms with E-state index in [0.717, 1.165) is 83.5 Å². The van der Waals surface area contributed by atoms with E-state index in [1.165, 1.54) is 38.5 Å². The topological polar surface area (TPSA) is 108 Å². The highest BCUT2D eigenvalue weighted by Crippen LogP contribution is 2.43. The van der Waals surface area contributed by atoms with Crippen LogP contribution in [0.5, 0.6) is 0 Å². The van der Waals surface area contributed by atoms with Crippen molar-refractivity contribution in [2.45, 2.75) is 161 Å². The molecule has 0 aromatic carbocycles. The van der Waals surface area contributed by atoms with Crippen LogP contribution in [0, 0.1) is 0 Å². The van der Waals surface area contributed by atoms with E-state index >= 15 is 0 Å². The molecule has 0 aromatic heterocycles. The molecule has 0 fully saturated rings. The molecule has 0 amide bonds. The smallest absolute Gasteiger partial charge is 0.462 e. The predicted molar refractivity (Wildman–Crippen MR) is 233 cm³/mol. The number of likely N-dealkylation sites (N-methyl/N-ethyl adjacent to an activating group) is 1. The van der Waals surface area contributed by atoms with Crippen LogP contribution in [0.4, 0.5) is 0 Å². The maximum atomic E-state index is 12.7. The van der Waals surface area contributed by atoms with Gasteiger partial charge in [0.2, 0.25) is 0 Å². The first kappa shape index (κ1) is 53.5. The summed E-state index contributed by atoms with van der Waals surface area (Å²) >= 11 is 0. The quantitative estimate of drug-likeness (QED) is 0.0216. The average Bonchev–Trinajstić information content (AvgIpc) is 3.15. The van der Waals surface area contributed by atoms with Crippen molar-refractivity contribution in [1.29, 1.82) is 0 Å². The number of rotatable bonds is 38. The fourth-order valence-electron chi connectivity index (χ4n) is 5.37. The van der Waals surface area contributed by atoms with Crippen LogP contribution in [0.3, 0.4) is 0 Å². The SMILES string of the molecule is CC/C=C\C/C=C\C/C=C\C/C=C\C/C=C\C/C=C\CCCCCCC(=O)OC(COC(=O)CCCCCCCCCCC)COP(=O)(O)OCC[N+](C)(C)C. The molecule has 0 spiro atoms. The number of unbranched alkanes of at least 4 members (excludes halogenated alkanes) is 12. The van der Waals surface area contributed by atoms with Gasteiger partial charge >= 0.3 is 19.8 Å². The Hall–Kier alpha value is -2.55. The highest BCUT2D eigenvalue weighted by atomic mass is 31.2. The molecule has 0 aromatic rings. The third kappa shape index (κ3) is 41.1. The van der Waals surface area contributed by atoms with Gasteiger partial charge in [-0.25, -0.2) is 4.57 Å². The minimum atomic E-state index is -4.38. The van der Waals surface area contributed by atoms with Crippen LogP contribution in [0.2, 0.25) is 0 Å². The summed E-state index contributed by atoms with van der Waals surface area (Å²) < 4.78 is 34.2. The molecule has 0 aliphatic heterocycles. The second-order valence-electron chi connectivity index (χ2n) is 15.4.